The molecule has 0 unspecified atom stereocenters. The fraction of sp³-hybridized carbons (Fsp3) is 0.211. The number of aromatic nitrogens is 3. The van der Waals surface area contributed by atoms with E-state index >= 15 is 0 Å². The minimum absolute atomic E-state index is 0.290. The number of hydrogen-bond acceptors (Lipinski definition) is 6. The fourth-order valence-electron chi connectivity index (χ4n) is 2.23. The van der Waals surface area contributed by atoms with E-state index in [1.807, 2.05) is 67.8 Å². The summed E-state index contributed by atoms with van der Waals surface area (Å²) in [6, 6.07) is 17.4. The molecule has 0 aliphatic carbocycles. The summed E-state index contributed by atoms with van der Waals surface area (Å²) in [5, 5.41) is 13.6. The molecule has 26 heavy (non-hydrogen) atoms. The maximum absolute atomic E-state index is 5.76. The molecule has 2 aromatic carbocycles. The van der Waals surface area contributed by atoms with Gasteiger partial charge in [0, 0.05) is 0 Å². The summed E-state index contributed by atoms with van der Waals surface area (Å²) in [5.74, 6) is 2.26. The van der Waals surface area contributed by atoms with Crippen LogP contribution in [0.2, 0.25) is 0 Å². The van der Waals surface area contributed by atoms with Crippen LogP contribution in [-0.2, 0) is 6.61 Å². The van der Waals surface area contributed by atoms with E-state index < -0.39 is 0 Å². The zero-order valence-corrected chi connectivity index (χ0v) is 15.5. The Morgan fingerprint density at radius 1 is 1.00 bits per heavy atom. The molecular formula is C19H20N4O2S. The van der Waals surface area contributed by atoms with E-state index in [0.717, 1.165) is 17.1 Å². The van der Waals surface area contributed by atoms with Crippen LogP contribution in [0.15, 0.2) is 64.9 Å². The van der Waals surface area contributed by atoms with Gasteiger partial charge in [0.25, 0.3) is 0 Å². The van der Waals surface area contributed by atoms with Gasteiger partial charge in [0.05, 0.1) is 12.8 Å². The summed E-state index contributed by atoms with van der Waals surface area (Å²) in [6.45, 7) is 2.90. The molecule has 0 atom stereocenters. The number of rotatable bonds is 8. The van der Waals surface area contributed by atoms with E-state index in [2.05, 4.69) is 15.3 Å². The van der Waals surface area contributed by atoms with Gasteiger partial charge in [-0.2, -0.15) is 9.78 Å². The molecule has 0 saturated heterocycles. The van der Waals surface area contributed by atoms with E-state index in [4.69, 9.17) is 9.47 Å². The molecule has 6 nitrogen and oxygen atoms in total. The molecule has 134 valence electrons. The Balaban J connectivity index is 1.74. The van der Waals surface area contributed by atoms with Crippen LogP contribution in [0.4, 0.5) is 0 Å². The van der Waals surface area contributed by atoms with Crippen molar-refractivity contribution in [3.05, 3.63) is 66.0 Å². The third-order valence-corrected chi connectivity index (χ3v) is 4.10. The minimum atomic E-state index is 0.290. The number of nitrogens with zero attached hydrogens (tertiary/aromatic N) is 4. The van der Waals surface area contributed by atoms with E-state index in [9.17, 15) is 0 Å². The van der Waals surface area contributed by atoms with Gasteiger partial charge in [0.2, 0.25) is 5.16 Å². The number of benzene rings is 2. The number of para-hydroxylation sites is 1. The normalized spacial score (nSPS) is 11.0. The highest BCUT2D eigenvalue weighted by Gasteiger charge is 2.11. The Bertz CT molecular complexity index is 848. The summed E-state index contributed by atoms with van der Waals surface area (Å²) in [6.07, 6.45) is 3.71. The molecule has 0 aliphatic rings. The van der Waals surface area contributed by atoms with Crippen molar-refractivity contribution in [1.82, 2.24) is 14.9 Å². The second-order valence-corrected chi connectivity index (χ2v) is 6.04. The molecule has 7 heteroatoms. The van der Waals surface area contributed by atoms with Crippen LogP contribution in [0.1, 0.15) is 18.3 Å². The highest BCUT2D eigenvalue weighted by molar-refractivity contribution is 7.98. The van der Waals surface area contributed by atoms with Gasteiger partial charge in [0.15, 0.2) is 5.82 Å². The molecule has 3 aromatic rings. The summed E-state index contributed by atoms with van der Waals surface area (Å²) in [4.78, 5) is 0. The van der Waals surface area contributed by atoms with Crippen LogP contribution in [0.25, 0.3) is 0 Å². The van der Waals surface area contributed by atoms with E-state index in [0.29, 0.717) is 17.6 Å². The maximum Gasteiger partial charge on any atom is 0.211 e. The van der Waals surface area contributed by atoms with E-state index in [1.54, 1.807) is 10.9 Å². The molecule has 0 spiro atoms. The largest absolute Gasteiger partial charge is 0.494 e. The lowest BCUT2D eigenvalue weighted by Crippen LogP contribution is -2.04. The molecule has 3 rings (SSSR count). The van der Waals surface area contributed by atoms with Crippen molar-refractivity contribution in [2.75, 3.05) is 12.9 Å². The third-order valence-electron chi connectivity index (χ3n) is 3.48. The van der Waals surface area contributed by atoms with Gasteiger partial charge in [-0.3, -0.25) is 0 Å². The average Bonchev–Trinajstić information content (AvgIpc) is 3.09. The molecule has 0 amide bonds. The Kier molecular flexibility index (Phi) is 6.27. The molecule has 0 bridgehead atoms. The van der Waals surface area contributed by atoms with Gasteiger partial charge in [-0.15, -0.1) is 10.2 Å². The second kappa shape index (κ2) is 9.05. The first-order valence-corrected chi connectivity index (χ1v) is 9.46. The molecule has 0 aliphatic heterocycles. The maximum atomic E-state index is 5.76. The molecule has 1 heterocycles. The van der Waals surface area contributed by atoms with Crippen LogP contribution >= 0.6 is 11.8 Å². The molecule has 0 fully saturated rings. The third kappa shape index (κ3) is 4.64. The van der Waals surface area contributed by atoms with Crippen molar-refractivity contribution in [2.45, 2.75) is 18.7 Å². The Morgan fingerprint density at radius 3 is 2.42 bits per heavy atom. The first kappa shape index (κ1) is 18.0. The Morgan fingerprint density at radius 2 is 1.73 bits per heavy atom. The van der Waals surface area contributed by atoms with Gasteiger partial charge >= 0.3 is 0 Å². The predicted octanol–water partition coefficient (Wildman–Crippen LogP) is 3.86. The van der Waals surface area contributed by atoms with Gasteiger partial charge < -0.3 is 9.47 Å². The lowest BCUT2D eigenvalue weighted by molar-refractivity contribution is 0.290. The van der Waals surface area contributed by atoms with Crippen molar-refractivity contribution in [3.8, 4) is 11.5 Å². The Hall–Kier alpha value is -2.80. The number of ether oxygens (including phenoxy) is 2. The van der Waals surface area contributed by atoms with Crippen LogP contribution < -0.4 is 9.47 Å². The number of hydrogen-bond donors (Lipinski definition) is 0. The molecule has 0 radical (unpaired) electrons. The minimum Gasteiger partial charge on any atom is -0.494 e. The summed E-state index contributed by atoms with van der Waals surface area (Å²) < 4.78 is 12.9. The molecule has 0 N–H and O–H groups in total. The number of thioether (sulfide) groups is 1. The van der Waals surface area contributed by atoms with E-state index in [1.165, 1.54) is 11.8 Å². The van der Waals surface area contributed by atoms with Gasteiger partial charge in [-0.1, -0.05) is 30.0 Å². The van der Waals surface area contributed by atoms with Crippen molar-refractivity contribution in [3.63, 3.8) is 0 Å². The molecular weight excluding hydrogens is 348 g/mol. The predicted molar refractivity (Wildman–Crippen MR) is 103 cm³/mol. The van der Waals surface area contributed by atoms with Crippen LogP contribution in [0, 0.1) is 0 Å². The zero-order valence-electron chi connectivity index (χ0n) is 14.7. The van der Waals surface area contributed by atoms with Gasteiger partial charge in [-0.25, -0.2) is 0 Å². The standard InChI is InChI=1S/C19H20N4O2S/c1-3-24-17-11-9-15(10-12-17)13-20-23-18(21-22-19(23)26-2)14-25-16-7-5-4-6-8-16/h4-13H,3,14H2,1-2H3/b20-13-. The van der Waals surface area contributed by atoms with E-state index in [-0.39, 0.29) is 6.61 Å². The Labute approximate surface area is 156 Å². The first-order chi connectivity index (χ1) is 12.8. The van der Waals surface area contributed by atoms with Gasteiger partial charge in [-0.05, 0) is 55.1 Å². The smallest absolute Gasteiger partial charge is 0.211 e. The van der Waals surface area contributed by atoms with Crippen molar-refractivity contribution in [2.24, 2.45) is 5.10 Å². The average molecular weight is 368 g/mol. The highest BCUT2D eigenvalue weighted by atomic mass is 32.2. The lowest BCUT2D eigenvalue weighted by Gasteiger charge is -2.06. The lowest BCUT2D eigenvalue weighted by atomic mass is 10.2. The SMILES string of the molecule is CCOc1ccc(/C=N\n2c(COc3ccccc3)nnc2SC)cc1. The van der Waals surface area contributed by atoms with Crippen LogP contribution in [0.5, 0.6) is 11.5 Å². The van der Waals surface area contributed by atoms with Crippen molar-refractivity contribution < 1.29 is 9.47 Å². The summed E-state index contributed by atoms with van der Waals surface area (Å²) in [7, 11) is 0. The highest BCUT2D eigenvalue weighted by Crippen LogP contribution is 2.16. The van der Waals surface area contributed by atoms with Crippen LogP contribution in [-0.4, -0.2) is 34.0 Å². The topological polar surface area (TPSA) is 61.5 Å². The second-order valence-electron chi connectivity index (χ2n) is 5.26. The monoisotopic (exact) mass is 368 g/mol. The van der Waals surface area contributed by atoms with Crippen molar-refractivity contribution in [1.29, 1.82) is 0 Å². The summed E-state index contributed by atoms with van der Waals surface area (Å²) >= 11 is 1.48. The quantitative estimate of drug-likeness (QED) is 0.446. The fourth-order valence-corrected chi connectivity index (χ4v) is 2.68. The molecule has 1 aromatic heterocycles. The molecule has 0 saturated carbocycles. The van der Waals surface area contributed by atoms with Crippen molar-refractivity contribution >= 4 is 18.0 Å². The van der Waals surface area contributed by atoms with Gasteiger partial charge in [0.1, 0.15) is 18.1 Å². The van der Waals surface area contributed by atoms with Crippen LogP contribution in [0.3, 0.4) is 0 Å². The first-order valence-electron chi connectivity index (χ1n) is 8.23. The zero-order chi connectivity index (χ0) is 18.2. The summed E-state index contributed by atoms with van der Waals surface area (Å²) in [5.41, 5.74) is 0.962.